The third-order valence-corrected chi connectivity index (χ3v) is 3.78. The maximum absolute atomic E-state index is 4.61. The highest BCUT2D eigenvalue weighted by molar-refractivity contribution is 7.99. The molecule has 2 rings (SSSR count). The van der Waals surface area contributed by atoms with Crippen LogP contribution in [0.4, 0.5) is 11.9 Å². The number of piperidine rings is 1. The summed E-state index contributed by atoms with van der Waals surface area (Å²) < 4.78 is 0. The molecular weight excluding hydrogens is 258 g/mol. The molecule has 1 aliphatic rings. The van der Waals surface area contributed by atoms with E-state index in [1.807, 2.05) is 0 Å². The summed E-state index contributed by atoms with van der Waals surface area (Å²) in [5.41, 5.74) is 0. The molecule has 0 amide bonds. The molecule has 0 atom stereocenters. The standard InChI is InChI=1S/C13H23N5S/c1-4-14-11-15-12(18-8-6-5-7-9-18)17-13(16-11)19-10(2)3/h10H,4-9H2,1-3H3,(H,14,15,16,17). The van der Waals surface area contributed by atoms with Crippen LogP contribution in [-0.4, -0.2) is 39.8 Å². The molecule has 19 heavy (non-hydrogen) atoms. The third-order valence-electron chi connectivity index (χ3n) is 2.92. The first-order valence-electron chi connectivity index (χ1n) is 7.10. The Labute approximate surface area is 119 Å². The number of hydrogen-bond donors (Lipinski definition) is 1. The first-order valence-corrected chi connectivity index (χ1v) is 7.98. The second-order valence-corrected chi connectivity index (χ2v) is 6.53. The number of rotatable bonds is 5. The summed E-state index contributed by atoms with van der Waals surface area (Å²) in [6, 6.07) is 0. The fourth-order valence-corrected chi connectivity index (χ4v) is 2.78. The van der Waals surface area contributed by atoms with E-state index in [-0.39, 0.29) is 0 Å². The number of aromatic nitrogens is 3. The van der Waals surface area contributed by atoms with Gasteiger partial charge in [0, 0.05) is 24.9 Å². The predicted molar refractivity (Wildman–Crippen MR) is 81.0 cm³/mol. The average Bonchev–Trinajstić information content (AvgIpc) is 2.39. The lowest BCUT2D eigenvalue weighted by Crippen LogP contribution is -2.31. The van der Waals surface area contributed by atoms with Gasteiger partial charge in [-0.1, -0.05) is 25.6 Å². The minimum atomic E-state index is 0.478. The molecule has 0 saturated carbocycles. The van der Waals surface area contributed by atoms with Gasteiger partial charge >= 0.3 is 0 Å². The molecule has 0 aromatic carbocycles. The van der Waals surface area contributed by atoms with Crippen molar-refractivity contribution < 1.29 is 0 Å². The molecule has 2 heterocycles. The molecule has 1 N–H and O–H groups in total. The Hall–Kier alpha value is -1.04. The van der Waals surface area contributed by atoms with Crippen LogP contribution in [0.15, 0.2) is 5.16 Å². The monoisotopic (exact) mass is 281 g/mol. The number of nitrogens with zero attached hydrogens (tertiary/aromatic N) is 4. The minimum Gasteiger partial charge on any atom is -0.354 e. The van der Waals surface area contributed by atoms with E-state index >= 15 is 0 Å². The summed E-state index contributed by atoms with van der Waals surface area (Å²) in [6.07, 6.45) is 3.78. The number of thioether (sulfide) groups is 1. The Morgan fingerprint density at radius 2 is 1.89 bits per heavy atom. The Morgan fingerprint density at radius 3 is 2.53 bits per heavy atom. The summed E-state index contributed by atoms with van der Waals surface area (Å²) in [5, 5.41) is 4.50. The molecule has 106 valence electrons. The van der Waals surface area contributed by atoms with E-state index in [0.29, 0.717) is 11.2 Å². The zero-order valence-electron chi connectivity index (χ0n) is 12.0. The highest BCUT2D eigenvalue weighted by atomic mass is 32.2. The fraction of sp³-hybridized carbons (Fsp3) is 0.769. The van der Waals surface area contributed by atoms with Crippen molar-refractivity contribution in [1.29, 1.82) is 0 Å². The van der Waals surface area contributed by atoms with Gasteiger partial charge in [0.25, 0.3) is 0 Å². The van der Waals surface area contributed by atoms with Crippen LogP contribution in [0.25, 0.3) is 0 Å². The molecule has 6 heteroatoms. The molecule has 1 saturated heterocycles. The maximum Gasteiger partial charge on any atom is 0.231 e. The normalized spacial score (nSPS) is 15.9. The molecule has 0 spiro atoms. The quantitative estimate of drug-likeness (QED) is 0.838. The first-order chi connectivity index (χ1) is 9.19. The minimum absolute atomic E-state index is 0.478. The second kappa shape index (κ2) is 6.93. The van der Waals surface area contributed by atoms with Gasteiger partial charge < -0.3 is 10.2 Å². The topological polar surface area (TPSA) is 53.9 Å². The van der Waals surface area contributed by atoms with Crippen molar-refractivity contribution >= 4 is 23.7 Å². The van der Waals surface area contributed by atoms with Crippen LogP contribution in [0.3, 0.4) is 0 Å². The van der Waals surface area contributed by atoms with Gasteiger partial charge in [0.05, 0.1) is 0 Å². The van der Waals surface area contributed by atoms with Crippen molar-refractivity contribution in [1.82, 2.24) is 15.0 Å². The van der Waals surface area contributed by atoms with Gasteiger partial charge in [-0.3, -0.25) is 0 Å². The summed E-state index contributed by atoms with van der Waals surface area (Å²) in [7, 11) is 0. The molecule has 5 nitrogen and oxygen atoms in total. The van der Waals surface area contributed by atoms with Gasteiger partial charge in [-0.2, -0.15) is 15.0 Å². The molecule has 1 aromatic rings. The number of hydrogen-bond acceptors (Lipinski definition) is 6. The van der Waals surface area contributed by atoms with Crippen LogP contribution in [0.2, 0.25) is 0 Å². The molecule has 1 aromatic heterocycles. The van der Waals surface area contributed by atoms with Gasteiger partial charge in [-0.25, -0.2) is 0 Å². The highest BCUT2D eigenvalue weighted by Crippen LogP contribution is 2.23. The molecular formula is C13H23N5S. The lowest BCUT2D eigenvalue weighted by Gasteiger charge is -2.27. The highest BCUT2D eigenvalue weighted by Gasteiger charge is 2.16. The van der Waals surface area contributed by atoms with Gasteiger partial charge in [-0.15, -0.1) is 0 Å². The van der Waals surface area contributed by atoms with Crippen molar-refractivity contribution in [2.45, 2.75) is 50.4 Å². The van der Waals surface area contributed by atoms with Crippen LogP contribution in [0.5, 0.6) is 0 Å². The van der Waals surface area contributed by atoms with Crippen molar-refractivity contribution in [2.75, 3.05) is 29.9 Å². The van der Waals surface area contributed by atoms with E-state index in [4.69, 9.17) is 0 Å². The summed E-state index contributed by atoms with van der Waals surface area (Å²) in [6.45, 7) is 9.31. The maximum atomic E-state index is 4.61. The molecule has 0 aliphatic carbocycles. The summed E-state index contributed by atoms with van der Waals surface area (Å²) in [5.74, 6) is 1.52. The SMILES string of the molecule is CCNc1nc(SC(C)C)nc(N2CCCCC2)n1. The predicted octanol–water partition coefficient (Wildman–Crippen LogP) is 2.79. The van der Waals surface area contributed by atoms with E-state index in [1.54, 1.807) is 11.8 Å². The summed E-state index contributed by atoms with van der Waals surface area (Å²) >= 11 is 1.69. The second-order valence-electron chi connectivity index (χ2n) is 4.99. The summed E-state index contributed by atoms with van der Waals surface area (Å²) in [4.78, 5) is 15.9. The molecule has 0 unspecified atom stereocenters. The van der Waals surface area contributed by atoms with Crippen LogP contribution in [0, 0.1) is 0 Å². The average molecular weight is 281 g/mol. The Bertz CT molecular complexity index is 404. The van der Waals surface area contributed by atoms with E-state index in [9.17, 15) is 0 Å². The Morgan fingerprint density at radius 1 is 1.16 bits per heavy atom. The zero-order valence-corrected chi connectivity index (χ0v) is 12.8. The van der Waals surface area contributed by atoms with Gasteiger partial charge in [0.1, 0.15) is 0 Å². The molecule has 1 aliphatic heterocycles. The molecule has 0 bridgehead atoms. The van der Waals surface area contributed by atoms with E-state index in [0.717, 1.165) is 30.7 Å². The van der Waals surface area contributed by atoms with Crippen molar-refractivity contribution in [2.24, 2.45) is 0 Å². The van der Waals surface area contributed by atoms with Crippen molar-refractivity contribution in [3.05, 3.63) is 0 Å². The van der Waals surface area contributed by atoms with Gasteiger partial charge in [0.15, 0.2) is 5.16 Å². The lowest BCUT2D eigenvalue weighted by atomic mass is 10.1. The van der Waals surface area contributed by atoms with Crippen LogP contribution in [-0.2, 0) is 0 Å². The lowest BCUT2D eigenvalue weighted by molar-refractivity contribution is 0.565. The number of anilines is 2. The molecule has 1 fully saturated rings. The van der Waals surface area contributed by atoms with Crippen molar-refractivity contribution in [3.63, 3.8) is 0 Å². The van der Waals surface area contributed by atoms with Crippen LogP contribution >= 0.6 is 11.8 Å². The zero-order chi connectivity index (χ0) is 13.7. The van der Waals surface area contributed by atoms with Gasteiger partial charge in [-0.05, 0) is 26.2 Å². The third kappa shape index (κ3) is 4.23. The van der Waals surface area contributed by atoms with Crippen LogP contribution < -0.4 is 10.2 Å². The van der Waals surface area contributed by atoms with Crippen LogP contribution in [0.1, 0.15) is 40.0 Å². The largest absolute Gasteiger partial charge is 0.354 e. The smallest absolute Gasteiger partial charge is 0.231 e. The Balaban J connectivity index is 2.21. The number of nitrogens with one attached hydrogen (secondary N) is 1. The Kier molecular flexibility index (Phi) is 5.24. The van der Waals surface area contributed by atoms with E-state index < -0.39 is 0 Å². The van der Waals surface area contributed by atoms with E-state index in [1.165, 1.54) is 19.3 Å². The molecule has 0 radical (unpaired) electrons. The van der Waals surface area contributed by atoms with Gasteiger partial charge in [0.2, 0.25) is 11.9 Å². The van der Waals surface area contributed by atoms with Crippen molar-refractivity contribution in [3.8, 4) is 0 Å². The van der Waals surface area contributed by atoms with E-state index in [2.05, 4.69) is 45.9 Å². The first kappa shape index (κ1) is 14.4. The fourth-order valence-electron chi connectivity index (χ4n) is 2.08.